The zero-order valence-corrected chi connectivity index (χ0v) is 29.5. The van der Waals surface area contributed by atoms with E-state index in [9.17, 15) is 19.5 Å². The largest absolute Gasteiger partial charge is 0.455 e. The van der Waals surface area contributed by atoms with Crippen molar-refractivity contribution in [1.29, 1.82) is 0 Å². The molecule has 4 aliphatic rings. The first-order valence-electron chi connectivity index (χ1n) is 18.5. The molecule has 1 aliphatic carbocycles. The number of fused-ring (bicyclic) bond motifs is 1. The Kier molecular flexibility index (Phi) is 11.4. The van der Waals surface area contributed by atoms with Gasteiger partial charge in [0.05, 0.1) is 36.6 Å². The molecule has 3 saturated heterocycles. The van der Waals surface area contributed by atoms with Gasteiger partial charge in [-0.1, -0.05) is 92.1 Å². The van der Waals surface area contributed by atoms with Crippen molar-refractivity contribution in [3.8, 4) is 0 Å². The average Bonchev–Trinajstić information content (AvgIpc) is 3.80. The number of benzene rings is 2. The van der Waals surface area contributed by atoms with Crippen molar-refractivity contribution >= 4 is 23.7 Å². The average molecular weight is 698 g/mol. The summed E-state index contributed by atoms with van der Waals surface area (Å²) in [4.78, 5) is 60.5. The number of nitrogens with zero attached hydrogens (tertiary/aromatic N) is 2. The summed E-state index contributed by atoms with van der Waals surface area (Å²) in [7, 11) is 0. The molecule has 2 aromatic rings. The van der Waals surface area contributed by atoms with Crippen LogP contribution in [-0.2, 0) is 28.7 Å². The molecule has 2 aromatic carbocycles. The lowest BCUT2D eigenvalue weighted by atomic mass is 9.70. The summed E-state index contributed by atoms with van der Waals surface area (Å²) in [6.45, 7) is 9.34. The van der Waals surface area contributed by atoms with Crippen molar-refractivity contribution in [2.45, 2.75) is 107 Å². The van der Waals surface area contributed by atoms with Gasteiger partial charge in [0, 0.05) is 19.0 Å². The first-order valence-corrected chi connectivity index (χ1v) is 18.5. The van der Waals surface area contributed by atoms with Crippen molar-refractivity contribution in [2.24, 2.45) is 11.8 Å². The molecular weight excluding hydrogens is 646 g/mol. The van der Waals surface area contributed by atoms with Crippen molar-refractivity contribution in [2.75, 3.05) is 13.2 Å². The molecule has 6 rings (SSSR count). The predicted molar refractivity (Wildman–Crippen MR) is 192 cm³/mol. The third-order valence-electron chi connectivity index (χ3n) is 11.4. The van der Waals surface area contributed by atoms with Crippen LogP contribution in [0.4, 0.5) is 0 Å². The molecule has 2 bridgehead atoms. The maximum atomic E-state index is 15.0. The van der Waals surface area contributed by atoms with Crippen LogP contribution in [-0.4, -0.2) is 81.6 Å². The smallest absolute Gasteiger partial charge is 0.313 e. The maximum Gasteiger partial charge on any atom is 0.313 e. The Morgan fingerprint density at radius 2 is 1.69 bits per heavy atom. The van der Waals surface area contributed by atoms with Crippen LogP contribution in [0.1, 0.15) is 88.0 Å². The molecule has 3 amide bonds. The molecule has 0 radical (unpaired) electrons. The van der Waals surface area contributed by atoms with Crippen LogP contribution in [0.25, 0.3) is 0 Å². The monoisotopic (exact) mass is 697 g/mol. The quantitative estimate of drug-likeness (QED) is 0.194. The van der Waals surface area contributed by atoms with Crippen molar-refractivity contribution in [3.63, 3.8) is 0 Å². The number of amides is 3. The Bertz CT molecular complexity index is 1580. The highest BCUT2D eigenvalue weighted by Gasteiger charge is 2.76. The third kappa shape index (κ3) is 7.00. The van der Waals surface area contributed by atoms with Gasteiger partial charge in [-0.05, 0) is 50.2 Å². The number of hydrogen-bond donors (Lipinski definition) is 2. The van der Waals surface area contributed by atoms with E-state index in [1.54, 1.807) is 19.1 Å². The number of aliphatic hydroxyl groups excluding tert-OH is 1. The third-order valence-corrected chi connectivity index (χ3v) is 11.4. The lowest BCUT2D eigenvalue weighted by Crippen LogP contribution is -2.59. The molecule has 1 saturated carbocycles. The summed E-state index contributed by atoms with van der Waals surface area (Å²) in [5, 5.41) is 13.8. The number of rotatable bonds is 15. The van der Waals surface area contributed by atoms with Crippen molar-refractivity contribution < 1.29 is 33.8 Å². The Hall–Kier alpha value is -4.28. The SMILES string of the molecule is C=CCCC(=O)N[C@@H](C)[C@H](OC(=O)[C@@H]1[C@@H]2CC[C@]3(O2)[C@H](C(=O)N(CC=C)C2CCCCC2)N([C@H](CO)c2ccccc2)C(=O)[C@@H]13)c1ccccc1. The molecule has 3 aliphatic heterocycles. The first-order chi connectivity index (χ1) is 24.7. The minimum Gasteiger partial charge on any atom is -0.455 e. The summed E-state index contributed by atoms with van der Waals surface area (Å²) in [6.07, 6.45) is 8.46. The van der Waals surface area contributed by atoms with Crippen LogP contribution in [0.2, 0.25) is 0 Å². The Balaban J connectivity index is 1.36. The van der Waals surface area contributed by atoms with E-state index in [-0.39, 0.29) is 24.3 Å². The van der Waals surface area contributed by atoms with Gasteiger partial charge < -0.3 is 29.7 Å². The van der Waals surface area contributed by atoms with Gasteiger partial charge in [0.2, 0.25) is 17.7 Å². The molecule has 8 atom stereocenters. The maximum absolute atomic E-state index is 15.0. The van der Waals surface area contributed by atoms with Crippen LogP contribution in [0, 0.1) is 11.8 Å². The van der Waals surface area contributed by atoms with Gasteiger partial charge in [-0.25, -0.2) is 0 Å². The van der Waals surface area contributed by atoms with Gasteiger partial charge in [-0.2, -0.15) is 0 Å². The van der Waals surface area contributed by atoms with Crippen LogP contribution < -0.4 is 5.32 Å². The highest BCUT2D eigenvalue weighted by Crippen LogP contribution is 2.60. The number of esters is 1. The summed E-state index contributed by atoms with van der Waals surface area (Å²) in [6, 6.07) is 16.0. The van der Waals surface area contributed by atoms with Crippen molar-refractivity contribution in [3.05, 3.63) is 97.1 Å². The van der Waals surface area contributed by atoms with Gasteiger partial charge in [0.15, 0.2) is 0 Å². The number of aliphatic hydroxyl groups is 1. The second kappa shape index (κ2) is 15.9. The van der Waals surface area contributed by atoms with E-state index >= 15 is 4.79 Å². The molecule has 51 heavy (non-hydrogen) atoms. The number of ether oxygens (including phenoxy) is 2. The fourth-order valence-electron chi connectivity index (χ4n) is 9.05. The van der Waals surface area contributed by atoms with E-state index in [2.05, 4.69) is 18.5 Å². The van der Waals surface area contributed by atoms with E-state index in [1.165, 1.54) is 4.90 Å². The van der Waals surface area contributed by atoms with Crippen LogP contribution in [0.15, 0.2) is 86.0 Å². The molecule has 0 aromatic heterocycles. The molecule has 4 fully saturated rings. The molecule has 2 N–H and O–H groups in total. The molecular formula is C41H51N3O7. The fraction of sp³-hybridized carbons (Fsp3) is 0.512. The molecule has 3 heterocycles. The topological polar surface area (TPSA) is 125 Å². The van der Waals surface area contributed by atoms with Crippen LogP contribution >= 0.6 is 0 Å². The van der Waals surface area contributed by atoms with Gasteiger partial charge in [0.25, 0.3) is 0 Å². The summed E-state index contributed by atoms with van der Waals surface area (Å²) in [5.41, 5.74) is 0.117. The van der Waals surface area contributed by atoms with Gasteiger partial charge >= 0.3 is 5.97 Å². The molecule has 272 valence electrons. The van der Waals surface area contributed by atoms with Gasteiger partial charge in [-0.3, -0.25) is 19.2 Å². The predicted octanol–water partition coefficient (Wildman–Crippen LogP) is 5.20. The minimum atomic E-state index is -1.27. The Labute approximate surface area is 300 Å². The highest BCUT2D eigenvalue weighted by molar-refractivity contribution is 5.98. The number of likely N-dealkylation sites (tertiary alicyclic amines) is 1. The standard InChI is InChI=1S/C41H51N3O7/c1-4-6-22-33(46)42-27(3)36(29-18-12-8-13-19-29)50-40(49)34-32-23-24-41(51-32)35(34)38(47)44(31(26-45)28-16-10-7-11-17-28)37(41)39(48)43(25-5-2)30-20-14-9-15-21-30/h4-5,7-8,10-13,16-19,27,30-32,34-37,45H,1-2,6,9,14-15,20-26H2,3H3,(H,42,46)/t27-,31+,32-,34+,35+,36-,37-,41+/m0/s1. The van der Waals surface area contributed by atoms with Gasteiger partial charge in [0.1, 0.15) is 17.7 Å². The normalized spacial score (nSPS) is 27.3. The number of allylic oxidation sites excluding steroid dienone is 1. The van der Waals surface area contributed by atoms with E-state index in [0.29, 0.717) is 36.9 Å². The summed E-state index contributed by atoms with van der Waals surface area (Å²) < 4.78 is 13.1. The van der Waals surface area contributed by atoms with E-state index in [1.807, 2.05) is 65.6 Å². The van der Waals surface area contributed by atoms with E-state index in [0.717, 1.165) is 32.1 Å². The second-order valence-corrected chi connectivity index (χ2v) is 14.4. The minimum absolute atomic E-state index is 0.00451. The molecule has 1 spiro atoms. The lowest BCUT2D eigenvalue weighted by molar-refractivity contribution is -0.163. The fourth-order valence-corrected chi connectivity index (χ4v) is 9.05. The number of carbonyl (C=O) groups is 4. The van der Waals surface area contributed by atoms with Crippen molar-refractivity contribution in [1.82, 2.24) is 15.1 Å². The number of hydrogen-bond acceptors (Lipinski definition) is 7. The van der Waals surface area contributed by atoms with E-state index < -0.39 is 66.3 Å². The summed E-state index contributed by atoms with van der Waals surface area (Å²) in [5.74, 6) is -3.39. The highest BCUT2D eigenvalue weighted by atomic mass is 16.6. The van der Waals surface area contributed by atoms with E-state index in [4.69, 9.17) is 9.47 Å². The lowest BCUT2D eigenvalue weighted by Gasteiger charge is -2.42. The summed E-state index contributed by atoms with van der Waals surface area (Å²) >= 11 is 0. The zero-order valence-electron chi connectivity index (χ0n) is 29.5. The Morgan fingerprint density at radius 3 is 2.31 bits per heavy atom. The second-order valence-electron chi connectivity index (χ2n) is 14.4. The number of nitrogens with one attached hydrogen (secondary N) is 1. The molecule has 10 heteroatoms. The van der Waals surface area contributed by atoms with Crippen LogP contribution in [0.3, 0.4) is 0 Å². The number of carbonyl (C=O) groups excluding carboxylic acids is 4. The molecule has 0 unspecified atom stereocenters. The van der Waals surface area contributed by atoms with Crippen LogP contribution in [0.5, 0.6) is 0 Å². The Morgan fingerprint density at radius 1 is 1.02 bits per heavy atom. The zero-order chi connectivity index (χ0) is 36.1. The van der Waals surface area contributed by atoms with Gasteiger partial charge in [-0.15, -0.1) is 13.2 Å². The molecule has 10 nitrogen and oxygen atoms in total. The first kappa shape index (κ1) is 36.5.